The molecule has 1 amide bonds. The second-order valence-corrected chi connectivity index (χ2v) is 5.91. The van der Waals surface area contributed by atoms with E-state index < -0.39 is 0 Å². The third kappa shape index (κ3) is 2.71. The largest absolute Gasteiger partial charge is 0.323 e. The number of amides is 1. The van der Waals surface area contributed by atoms with E-state index in [-0.39, 0.29) is 6.04 Å². The summed E-state index contributed by atoms with van der Waals surface area (Å²) in [5.41, 5.74) is 0. The van der Waals surface area contributed by atoms with Gasteiger partial charge in [0.05, 0.1) is 12.2 Å². The van der Waals surface area contributed by atoms with Crippen LogP contribution in [0.1, 0.15) is 65.7 Å². The number of carbonyl (C=O) groups excluding carboxylic acids is 1. The molecule has 1 saturated carbocycles. The van der Waals surface area contributed by atoms with Gasteiger partial charge in [-0.2, -0.15) is 0 Å². The van der Waals surface area contributed by atoms with E-state index in [0.29, 0.717) is 18.1 Å². The predicted octanol–water partition coefficient (Wildman–Crippen LogP) is 2.90. The van der Waals surface area contributed by atoms with Crippen LogP contribution in [-0.4, -0.2) is 29.1 Å². The molecule has 1 saturated heterocycles. The van der Waals surface area contributed by atoms with Gasteiger partial charge in [0.25, 0.3) is 0 Å². The standard InChI is InChI=1S/C15H28N2O/c1-4-7-11-10-13(11)17-14(9-6-3)16-12(8-5-2)15(17)18/h11-14,16H,4-10H2,1-3H3. The summed E-state index contributed by atoms with van der Waals surface area (Å²) in [4.78, 5) is 14.7. The Balaban J connectivity index is 1.99. The van der Waals surface area contributed by atoms with E-state index in [1.165, 1.54) is 19.3 Å². The summed E-state index contributed by atoms with van der Waals surface area (Å²) in [6, 6.07) is 0.637. The van der Waals surface area contributed by atoms with Crippen LogP contribution in [0, 0.1) is 5.92 Å². The first-order valence-corrected chi connectivity index (χ1v) is 7.81. The van der Waals surface area contributed by atoms with Gasteiger partial charge in [0.15, 0.2) is 0 Å². The molecule has 3 heteroatoms. The predicted molar refractivity (Wildman–Crippen MR) is 74.2 cm³/mol. The summed E-state index contributed by atoms with van der Waals surface area (Å²) < 4.78 is 0. The fraction of sp³-hybridized carbons (Fsp3) is 0.933. The topological polar surface area (TPSA) is 32.3 Å². The van der Waals surface area contributed by atoms with Crippen LogP contribution < -0.4 is 5.32 Å². The molecule has 18 heavy (non-hydrogen) atoms. The number of rotatable bonds is 7. The quantitative estimate of drug-likeness (QED) is 0.755. The minimum atomic E-state index is 0.0921. The summed E-state index contributed by atoms with van der Waals surface area (Å²) in [6.07, 6.45) is 8.39. The van der Waals surface area contributed by atoms with Crippen LogP contribution in [0.4, 0.5) is 0 Å². The molecule has 4 atom stereocenters. The van der Waals surface area contributed by atoms with Crippen molar-refractivity contribution >= 4 is 5.91 Å². The van der Waals surface area contributed by atoms with Crippen LogP contribution in [-0.2, 0) is 4.79 Å². The highest BCUT2D eigenvalue weighted by molar-refractivity contribution is 5.85. The van der Waals surface area contributed by atoms with Gasteiger partial charge in [-0.05, 0) is 31.6 Å². The Morgan fingerprint density at radius 1 is 1.11 bits per heavy atom. The minimum absolute atomic E-state index is 0.0921. The smallest absolute Gasteiger partial charge is 0.241 e. The summed E-state index contributed by atoms with van der Waals surface area (Å²) in [7, 11) is 0. The van der Waals surface area contributed by atoms with Gasteiger partial charge in [0.2, 0.25) is 5.91 Å². The number of hydrogen-bond donors (Lipinski definition) is 1. The number of hydrogen-bond acceptors (Lipinski definition) is 2. The van der Waals surface area contributed by atoms with Crippen LogP contribution in [0.2, 0.25) is 0 Å². The fourth-order valence-electron chi connectivity index (χ4n) is 3.36. The average molecular weight is 252 g/mol. The molecular weight excluding hydrogens is 224 g/mol. The van der Waals surface area contributed by atoms with Crippen molar-refractivity contribution in [3.05, 3.63) is 0 Å². The van der Waals surface area contributed by atoms with Crippen molar-refractivity contribution in [2.45, 2.75) is 84.0 Å². The first kappa shape index (κ1) is 13.9. The highest BCUT2D eigenvalue weighted by atomic mass is 16.2. The Kier molecular flexibility index (Phi) is 4.66. The SMILES string of the molecule is CCCC1NC(CCC)N(C2CC2CCC)C1=O. The summed E-state index contributed by atoms with van der Waals surface area (Å²) >= 11 is 0. The normalized spacial score (nSPS) is 35.3. The molecule has 2 rings (SSSR count). The Hall–Kier alpha value is -0.570. The minimum Gasteiger partial charge on any atom is -0.323 e. The Labute approximate surface area is 111 Å². The van der Waals surface area contributed by atoms with E-state index in [1.54, 1.807) is 0 Å². The van der Waals surface area contributed by atoms with Gasteiger partial charge >= 0.3 is 0 Å². The van der Waals surface area contributed by atoms with Gasteiger partial charge in [-0.25, -0.2) is 0 Å². The van der Waals surface area contributed by atoms with E-state index in [9.17, 15) is 4.79 Å². The average Bonchev–Trinajstić information content (AvgIpc) is 3.01. The van der Waals surface area contributed by atoms with Crippen LogP contribution >= 0.6 is 0 Å². The van der Waals surface area contributed by atoms with E-state index in [4.69, 9.17) is 0 Å². The first-order valence-electron chi connectivity index (χ1n) is 7.81. The van der Waals surface area contributed by atoms with Gasteiger partial charge < -0.3 is 4.90 Å². The zero-order chi connectivity index (χ0) is 13.1. The van der Waals surface area contributed by atoms with Gasteiger partial charge in [0.1, 0.15) is 0 Å². The molecular formula is C15H28N2O. The maximum atomic E-state index is 12.5. The summed E-state index contributed by atoms with van der Waals surface area (Å²) in [5.74, 6) is 1.15. The van der Waals surface area contributed by atoms with E-state index >= 15 is 0 Å². The van der Waals surface area contributed by atoms with Crippen molar-refractivity contribution in [2.75, 3.05) is 0 Å². The summed E-state index contributed by atoms with van der Waals surface area (Å²) in [6.45, 7) is 6.60. The molecule has 0 aromatic heterocycles. The zero-order valence-electron chi connectivity index (χ0n) is 12.1. The molecule has 0 aromatic carbocycles. The van der Waals surface area contributed by atoms with Crippen molar-refractivity contribution in [3.8, 4) is 0 Å². The third-order valence-corrected chi connectivity index (χ3v) is 4.32. The van der Waals surface area contributed by atoms with Gasteiger partial charge in [0, 0.05) is 6.04 Å². The second kappa shape index (κ2) is 6.05. The molecule has 0 aromatic rings. The zero-order valence-corrected chi connectivity index (χ0v) is 12.1. The monoisotopic (exact) mass is 252 g/mol. The number of carbonyl (C=O) groups is 1. The molecule has 2 fully saturated rings. The maximum Gasteiger partial charge on any atom is 0.241 e. The number of nitrogens with zero attached hydrogens (tertiary/aromatic N) is 1. The molecule has 4 unspecified atom stereocenters. The van der Waals surface area contributed by atoms with Crippen LogP contribution in [0.15, 0.2) is 0 Å². The molecule has 1 heterocycles. The molecule has 1 aliphatic carbocycles. The fourth-order valence-corrected chi connectivity index (χ4v) is 3.36. The Morgan fingerprint density at radius 3 is 2.39 bits per heavy atom. The molecule has 0 bridgehead atoms. The summed E-state index contributed by atoms with van der Waals surface area (Å²) in [5, 5.41) is 3.55. The van der Waals surface area contributed by atoms with Crippen molar-refractivity contribution in [1.82, 2.24) is 10.2 Å². The molecule has 104 valence electrons. The lowest BCUT2D eigenvalue weighted by molar-refractivity contribution is -0.131. The molecule has 0 radical (unpaired) electrons. The Morgan fingerprint density at radius 2 is 1.78 bits per heavy atom. The van der Waals surface area contributed by atoms with Gasteiger partial charge in [-0.1, -0.05) is 40.0 Å². The van der Waals surface area contributed by atoms with Crippen molar-refractivity contribution < 1.29 is 4.79 Å². The third-order valence-electron chi connectivity index (χ3n) is 4.32. The molecule has 2 aliphatic rings. The highest BCUT2D eigenvalue weighted by Gasteiger charge is 2.50. The van der Waals surface area contributed by atoms with E-state index in [1.807, 2.05) is 0 Å². The van der Waals surface area contributed by atoms with Crippen molar-refractivity contribution in [2.24, 2.45) is 5.92 Å². The van der Waals surface area contributed by atoms with E-state index in [0.717, 1.165) is 31.6 Å². The lowest BCUT2D eigenvalue weighted by Crippen LogP contribution is -2.39. The van der Waals surface area contributed by atoms with Crippen molar-refractivity contribution in [3.63, 3.8) is 0 Å². The lowest BCUT2D eigenvalue weighted by Gasteiger charge is -2.24. The number of nitrogens with one attached hydrogen (secondary N) is 1. The highest BCUT2D eigenvalue weighted by Crippen LogP contribution is 2.42. The van der Waals surface area contributed by atoms with Crippen molar-refractivity contribution in [1.29, 1.82) is 0 Å². The van der Waals surface area contributed by atoms with Gasteiger partial charge in [-0.3, -0.25) is 10.1 Å². The van der Waals surface area contributed by atoms with Crippen LogP contribution in [0.25, 0.3) is 0 Å². The molecule has 1 N–H and O–H groups in total. The van der Waals surface area contributed by atoms with Gasteiger partial charge in [-0.15, -0.1) is 0 Å². The van der Waals surface area contributed by atoms with Crippen LogP contribution in [0.5, 0.6) is 0 Å². The molecule has 3 nitrogen and oxygen atoms in total. The molecule has 0 spiro atoms. The maximum absolute atomic E-state index is 12.5. The lowest BCUT2D eigenvalue weighted by atomic mass is 10.1. The second-order valence-electron chi connectivity index (χ2n) is 5.91. The molecule has 1 aliphatic heterocycles. The van der Waals surface area contributed by atoms with Crippen LogP contribution in [0.3, 0.4) is 0 Å². The van der Waals surface area contributed by atoms with E-state index in [2.05, 4.69) is 31.0 Å². The Bertz CT molecular complexity index is 292. The first-order chi connectivity index (χ1) is 8.72.